The molecule has 0 aliphatic carbocycles. The van der Waals surface area contributed by atoms with E-state index in [0.717, 1.165) is 11.3 Å². The fourth-order valence-corrected chi connectivity index (χ4v) is 3.66. The van der Waals surface area contributed by atoms with E-state index in [1.807, 2.05) is 13.8 Å². The second kappa shape index (κ2) is 7.58. The Bertz CT molecular complexity index is 805. The number of carbonyl (C=O) groups excluding carboxylic acids is 4. The molecular weight excluding hydrogens is 348 g/mol. The Morgan fingerprint density at radius 2 is 1.96 bits per heavy atom. The first-order chi connectivity index (χ1) is 12.8. The molecule has 2 aliphatic heterocycles. The number of hydrogen-bond acceptors (Lipinski definition) is 6. The van der Waals surface area contributed by atoms with Crippen LogP contribution in [0, 0.1) is 0 Å². The van der Waals surface area contributed by atoms with E-state index in [2.05, 4.69) is 10.6 Å². The second-order valence-corrected chi connectivity index (χ2v) is 7.28. The van der Waals surface area contributed by atoms with Crippen LogP contribution in [0.25, 0.3) is 0 Å². The quantitative estimate of drug-likeness (QED) is 0.618. The molecule has 8 heteroatoms. The van der Waals surface area contributed by atoms with E-state index in [1.54, 1.807) is 18.2 Å². The van der Waals surface area contributed by atoms with Gasteiger partial charge < -0.3 is 11.1 Å². The summed E-state index contributed by atoms with van der Waals surface area (Å²) < 4.78 is 0. The van der Waals surface area contributed by atoms with Crippen molar-refractivity contribution in [3.63, 3.8) is 0 Å². The van der Waals surface area contributed by atoms with Crippen molar-refractivity contribution in [2.24, 2.45) is 5.73 Å². The lowest BCUT2D eigenvalue weighted by molar-refractivity contribution is -0.136. The zero-order valence-corrected chi connectivity index (χ0v) is 15.5. The molecule has 1 aromatic rings. The number of rotatable bonds is 6. The Morgan fingerprint density at radius 1 is 1.22 bits per heavy atom. The molecule has 1 aromatic carbocycles. The molecule has 2 aliphatic rings. The summed E-state index contributed by atoms with van der Waals surface area (Å²) in [7, 11) is 0. The first kappa shape index (κ1) is 19.2. The van der Waals surface area contributed by atoms with E-state index in [9.17, 15) is 19.2 Å². The van der Waals surface area contributed by atoms with Gasteiger partial charge in [-0.3, -0.25) is 29.4 Å². The lowest BCUT2D eigenvalue weighted by Crippen LogP contribution is -2.54. The third-order valence-corrected chi connectivity index (χ3v) is 4.92. The van der Waals surface area contributed by atoms with Gasteiger partial charge in [0.25, 0.3) is 11.8 Å². The summed E-state index contributed by atoms with van der Waals surface area (Å²) in [5.41, 5.74) is 7.14. The van der Waals surface area contributed by atoms with Crippen molar-refractivity contribution >= 4 is 23.6 Å². The zero-order valence-electron chi connectivity index (χ0n) is 15.5. The molecule has 4 N–H and O–H groups in total. The van der Waals surface area contributed by atoms with Crippen LogP contribution < -0.4 is 16.4 Å². The van der Waals surface area contributed by atoms with E-state index in [0.29, 0.717) is 23.2 Å². The van der Waals surface area contributed by atoms with E-state index in [-0.39, 0.29) is 30.8 Å². The minimum atomic E-state index is -0.951. The van der Waals surface area contributed by atoms with Gasteiger partial charge in [0, 0.05) is 25.0 Å². The predicted octanol–water partition coefficient (Wildman–Crippen LogP) is 0.303. The minimum absolute atomic E-state index is 0.0558. The van der Waals surface area contributed by atoms with Gasteiger partial charge in [0.2, 0.25) is 11.8 Å². The van der Waals surface area contributed by atoms with Crippen LogP contribution >= 0.6 is 0 Å². The summed E-state index contributed by atoms with van der Waals surface area (Å²) in [6, 6.07) is 4.37. The van der Waals surface area contributed by atoms with Crippen LogP contribution in [0.1, 0.15) is 59.4 Å². The van der Waals surface area contributed by atoms with Gasteiger partial charge in [-0.1, -0.05) is 12.1 Å². The Labute approximate surface area is 157 Å². The Balaban J connectivity index is 1.82. The number of benzene rings is 1. The summed E-state index contributed by atoms with van der Waals surface area (Å²) in [5, 5.41) is 5.52. The number of fused-ring (bicyclic) bond motifs is 1. The number of piperidine rings is 1. The molecule has 3 atom stereocenters. The van der Waals surface area contributed by atoms with Crippen molar-refractivity contribution in [3.8, 4) is 0 Å². The standard InChI is InChI=1S/C19H24N4O4/c1-10(20)8-11(2)21-9-12-4-3-5-13-16(12)19(27)23(18(13)26)14-6-7-15(24)22-17(14)25/h3-5,10-11,14,21H,6-9,20H2,1-2H3,(H,22,24,25). The molecule has 0 radical (unpaired) electrons. The number of nitrogens with two attached hydrogens (primary N) is 1. The monoisotopic (exact) mass is 372 g/mol. The van der Waals surface area contributed by atoms with Gasteiger partial charge >= 0.3 is 0 Å². The van der Waals surface area contributed by atoms with Crippen molar-refractivity contribution in [3.05, 3.63) is 34.9 Å². The van der Waals surface area contributed by atoms with Crippen molar-refractivity contribution in [1.82, 2.24) is 15.5 Å². The van der Waals surface area contributed by atoms with Crippen molar-refractivity contribution < 1.29 is 19.2 Å². The van der Waals surface area contributed by atoms with Crippen LogP contribution in [-0.4, -0.2) is 46.7 Å². The zero-order chi connectivity index (χ0) is 19.7. The topological polar surface area (TPSA) is 122 Å². The molecule has 4 amide bonds. The number of nitrogens with one attached hydrogen (secondary N) is 2. The molecule has 0 aromatic heterocycles. The predicted molar refractivity (Wildman–Crippen MR) is 97.7 cm³/mol. The van der Waals surface area contributed by atoms with Crippen LogP contribution in [-0.2, 0) is 16.1 Å². The Hall–Kier alpha value is -2.58. The number of imide groups is 2. The molecule has 0 spiro atoms. The average Bonchev–Trinajstić information content (AvgIpc) is 2.85. The van der Waals surface area contributed by atoms with E-state index in [1.165, 1.54) is 0 Å². The van der Waals surface area contributed by atoms with Gasteiger partial charge in [0.1, 0.15) is 6.04 Å². The molecule has 144 valence electrons. The molecule has 1 saturated heterocycles. The molecule has 3 rings (SSSR count). The largest absolute Gasteiger partial charge is 0.328 e. The van der Waals surface area contributed by atoms with E-state index < -0.39 is 23.8 Å². The highest BCUT2D eigenvalue weighted by atomic mass is 16.2. The molecule has 27 heavy (non-hydrogen) atoms. The first-order valence-electron chi connectivity index (χ1n) is 9.12. The van der Waals surface area contributed by atoms with Crippen LogP contribution in [0.5, 0.6) is 0 Å². The highest BCUT2D eigenvalue weighted by Gasteiger charge is 2.45. The average molecular weight is 372 g/mol. The fourth-order valence-electron chi connectivity index (χ4n) is 3.66. The molecule has 2 heterocycles. The highest BCUT2D eigenvalue weighted by molar-refractivity contribution is 6.24. The van der Waals surface area contributed by atoms with E-state index in [4.69, 9.17) is 5.73 Å². The van der Waals surface area contributed by atoms with Crippen LogP contribution in [0.4, 0.5) is 0 Å². The summed E-state index contributed by atoms with van der Waals surface area (Å²) in [6.45, 7) is 4.35. The van der Waals surface area contributed by atoms with Gasteiger partial charge in [-0.2, -0.15) is 0 Å². The van der Waals surface area contributed by atoms with Crippen LogP contribution in [0.15, 0.2) is 18.2 Å². The van der Waals surface area contributed by atoms with Gasteiger partial charge in [-0.05, 0) is 38.3 Å². The highest BCUT2D eigenvalue weighted by Crippen LogP contribution is 2.29. The SMILES string of the molecule is CC(N)CC(C)NCc1cccc2c1C(=O)N(C1CCC(=O)NC1=O)C2=O. The lowest BCUT2D eigenvalue weighted by Gasteiger charge is -2.27. The number of hydrogen-bond donors (Lipinski definition) is 3. The summed E-state index contributed by atoms with van der Waals surface area (Å²) in [5.74, 6) is -1.97. The minimum Gasteiger partial charge on any atom is -0.328 e. The van der Waals surface area contributed by atoms with E-state index >= 15 is 0 Å². The molecule has 0 bridgehead atoms. The van der Waals surface area contributed by atoms with Crippen LogP contribution in [0.2, 0.25) is 0 Å². The maximum atomic E-state index is 13.0. The lowest BCUT2D eigenvalue weighted by atomic mass is 10.0. The van der Waals surface area contributed by atoms with Crippen molar-refractivity contribution in [2.75, 3.05) is 0 Å². The number of carbonyl (C=O) groups is 4. The number of amides is 4. The van der Waals surface area contributed by atoms with Gasteiger partial charge in [-0.25, -0.2) is 0 Å². The van der Waals surface area contributed by atoms with Crippen molar-refractivity contribution in [2.45, 2.75) is 57.8 Å². The third kappa shape index (κ3) is 3.77. The molecule has 3 unspecified atom stereocenters. The Kier molecular flexibility index (Phi) is 5.38. The summed E-state index contributed by atoms with van der Waals surface area (Å²) in [6.07, 6.45) is 1.03. The second-order valence-electron chi connectivity index (χ2n) is 7.28. The smallest absolute Gasteiger partial charge is 0.262 e. The third-order valence-electron chi connectivity index (χ3n) is 4.92. The molecule has 8 nitrogen and oxygen atoms in total. The molecule has 0 saturated carbocycles. The maximum absolute atomic E-state index is 13.0. The Morgan fingerprint density at radius 3 is 2.63 bits per heavy atom. The maximum Gasteiger partial charge on any atom is 0.262 e. The normalized spacial score (nSPS) is 21.9. The summed E-state index contributed by atoms with van der Waals surface area (Å²) in [4.78, 5) is 50.2. The van der Waals surface area contributed by atoms with Gasteiger partial charge in [0.15, 0.2) is 0 Å². The fraction of sp³-hybridized carbons (Fsp3) is 0.474. The van der Waals surface area contributed by atoms with Crippen molar-refractivity contribution in [1.29, 1.82) is 0 Å². The van der Waals surface area contributed by atoms with Crippen LogP contribution in [0.3, 0.4) is 0 Å². The van der Waals surface area contributed by atoms with Gasteiger partial charge in [0.05, 0.1) is 11.1 Å². The van der Waals surface area contributed by atoms with Gasteiger partial charge in [-0.15, -0.1) is 0 Å². The molecular formula is C19H24N4O4. The first-order valence-corrected chi connectivity index (χ1v) is 9.12. The molecule has 1 fully saturated rings. The summed E-state index contributed by atoms with van der Waals surface area (Å²) >= 11 is 0. The number of nitrogens with zero attached hydrogens (tertiary/aromatic N) is 1.